The van der Waals surface area contributed by atoms with Crippen LogP contribution in [0.15, 0.2) is 30.5 Å². The van der Waals surface area contributed by atoms with E-state index in [1.807, 2.05) is 35.4 Å². The number of benzene rings is 1. The fourth-order valence-electron chi connectivity index (χ4n) is 3.17. The molecule has 1 aromatic carbocycles. The number of nitrogens with one attached hydrogen (secondary N) is 2. The van der Waals surface area contributed by atoms with E-state index in [9.17, 15) is 4.79 Å². The van der Waals surface area contributed by atoms with Gasteiger partial charge in [-0.25, -0.2) is 0 Å². The Labute approximate surface area is 125 Å². The molecule has 3 rings (SSSR count). The zero-order valence-corrected chi connectivity index (χ0v) is 12.6. The number of carbonyl (C=O) groups excluding carboxylic acids is 1. The zero-order chi connectivity index (χ0) is 14.7. The van der Waals surface area contributed by atoms with Crippen molar-refractivity contribution in [1.82, 2.24) is 15.2 Å². The number of rotatable bonds is 5. The summed E-state index contributed by atoms with van der Waals surface area (Å²) in [5, 5.41) is 4.50. The molecule has 0 aliphatic carbocycles. The minimum Gasteiger partial charge on any atom is -0.361 e. The van der Waals surface area contributed by atoms with Crippen molar-refractivity contribution in [2.75, 3.05) is 19.6 Å². The van der Waals surface area contributed by atoms with Gasteiger partial charge in [0.25, 0.3) is 5.91 Å². The molecule has 112 valence electrons. The Morgan fingerprint density at radius 2 is 2.29 bits per heavy atom. The lowest BCUT2D eigenvalue weighted by Crippen LogP contribution is -2.41. The number of aromatic nitrogens is 1. The van der Waals surface area contributed by atoms with E-state index in [4.69, 9.17) is 0 Å². The standard InChI is InChI=1S/C17H23N3O/c1-2-11-20(12-13-5-4-9-18-13)17(21)15-6-3-7-16-14(15)8-10-19-16/h3,6-8,10,13,18-19H,2,4-5,9,11-12H2,1H3. The first-order chi connectivity index (χ1) is 10.3. The van der Waals surface area contributed by atoms with E-state index in [1.54, 1.807) is 0 Å². The van der Waals surface area contributed by atoms with Gasteiger partial charge in [-0.15, -0.1) is 0 Å². The highest BCUT2D eigenvalue weighted by Crippen LogP contribution is 2.20. The maximum Gasteiger partial charge on any atom is 0.254 e. The third-order valence-electron chi connectivity index (χ3n) is 4.21. The third kappa shape index (κ3) is 2.95. The van der Waals surface area contributed by atoms with Crippen LogP contribution in [0.2, 0.25) is 0 Å². The average molecular weight is 285 g/mol. The first-order valence-corrected chi connectivity index (χ1v) is 7.88. The van der Waals surface area contributed by atoms with Gasteiger partial charge in [-0.1, -0.05) is 13.0 Å². The molecule has 1 atom stereocenters. The molecule has 4 nitrogen and oxygen atoms in total. The lowest BCUT2D eigenvalue weighted by Gasteiger charge is -2.26. The Hall–Kier alpha value is -1.81. The van der Waals surface area contributed by atoms with Gasteiger partial charge in [-0.3, -0.25) is 4.79 Å². The Morgan fingerprint density at radius 3 is 3.05 bits per heavy atom. The zero-order valence-electron chi connectivity index (χ0n) is 12.6. The molecule has 1 fully saturated rings. The minimum atomic E-state index is 0.149. The predicted molar refractivity (Wildman–Crippen MR) is 85.5 cm³/mol. The van der Waals surface area contributed by atoms with Crippen LogP contribution in [0.25, 0.3) is 10.9 Å². The smallest absolute Gasteiger partial charge is 0.254 e. The van der Waals surface area contributed by atoms with Crippen molar-refractivity contribution < 1.29 is 4.79 Å². The summed E-state index contributed by atoms with van der Waals surface area (Å²) in [7, 11) is 0. The lowest BCUT2D eigenvalue weighted by molar-refractivity contribution is 0.0744. The summed E-state index contributed by atoms with van der Waals surface area (Å²) in [5.41, 5.74) is 1.83. The first-order valence-electron chi connectivity index (χ1n) is 7.88. The van der Waals surface area contributed by atoms with Crippen LogP contribution in [-0.2, 0) is 0 Å². The molecule has 1 amide bonds. The van der Waals surface area contributed by atoms with Gasteiger partial charge >= 0.3 is 0 Å². The molecule has 2 heterocycles. The van der Waals surface area contributed by atoms with Gasteiger partial charge in [0.1, 0.15) is 0 Å². The molecular weight excluding hydrogens is 262 g/mol. The summed E-state index contributed by atoms with van der Waals surface area (Å²) in [6.45, 7) is 4.83. The van der Waals surface area contributed by atoms with Crippen LogP contribution in [0.4, 0.5) is 0 Å². The highest BCUT2D eigenvalue weighted by atomic mass is 16.2. The van der Waals surface area contributed by atoms with Crippen molar-refractivity contribution >= 4 is 16.8 Å². The SMILES string of the molecule is CCCN(CC1CCCN1)C(=O)c1cccc2[nH]ccc12. The molecule has 0 spiro atoms. The van der Waals surface area contributed by atoms with Crippen LogP contribution in [0.5, 0.6) is 0 Å². The van der Waals surface area contributed by atoms with Crippen molar-refractivity contribution in [2.45, 2.75) is 32.2 Å². The maximum atomic E-state index is 12.9. The van der Waals surface area contributed by atoms with E-state index >= 15 is 0 Å². The first kappa shape index (κ1) is 14.1. The second kappa shape index (κ2) is 6.31. The van der Waals surface area contributed by atoms with E-state index in [-0.39, 0.29) is 5.91 Å². The van der Waals surface area contributed by atoms with E-state index < -0.39 is 0 Å². The van der Waals surface area contributed by atoms with Gasteiger partial charge in [-0.05, 0) is 44.0 Å². The summed E-state index contributed by atoms with van der Waals surface area (Å²) >= 11 is 0. The minimum absolute atomic E-state index is 0.149. The van der Waals surface area contributed by atoms with E-state index in [2.05, 4.69) is 17.2 Å². The van der Waals surface area contributed by atoms with Crippen molar-refractivity contribution in [3.8, 4) is 0 Å². The summed E-state index contributed by atoms with van der Waals surface area (Å²) in [4.78, 5) is 18.1. The van der Waals surface area contributed by atoms with E-state index in [0.29, 0.717) is 6.04 Å². The average Bonchev–Trinajstić information content (AvgIpc) is 3.16. The summed E-state index contributed by atoms with van der Waals surface area (Å²) in [5.74, 6) is 0.149. The van der Waals surface area contributed by atoms with Gasteiger partial charge in [-0.2, -0.15) is 0 Å². The summed E-state index contributed by atoms with van der Waals surface area (Å²) < 4.78 is 0. The fraction of sp³-hybridized carbons (Fsp3) is 0.471. The van der Waals surface area contributed by atoms with Gasteiger partial charge in [0.2, 0.25) is 0 Å². The predicted octanol–water partition coefficient (Wildman–Crippen LogP) is 2.77. The Kier molecular flexibility index (Phi) is 4.25. The quantitative estimate of drug-likeness (QED) is 0.887. The van der Waals surface area contributed by atoms with Crippen LogP contribution in [0.1, 0.15) is 36.5 Å². The Bertz CT molecular complexity index is 613. The molecule has 1 saturated heterocycles. The normalized spacial score (nSPS) is 18.2. The lowest BCUT2D eigenvalue weighted by atomic mass is 10.1. The molecule has 2 N–H and O–H groups in total. The number of hydrogen-bond acceptors (Lipinski definition) is 2. The second-order valence-electron chi connectivity index (χ2n) is 5.79. The highest BCUT2D eigenvalue weighted by molar-refractivity contribution is 6.06. The van der Waals surface area contributed by atoms with Crippen LogP contribution in [0.3, 0.4) is 0 Å². The van der Waals surface area contributed by atoms with Crippen molar-refractivity contribution in [2.24, 2.45) is 0 Å². The van der Waals surface area contributed by atoms with Crippen LogP contribution in [0, 0.1) is 0 Å². The Balaban J connectivity index is 1.84. The van der Waals surface area contributed by atoms with Crippen LogP contribution < -0.4 is 5.32 Å². The maximum absolute atomic E-state index is 12.9. The van der Waals surface area contributed by atoms with Crippen LogP contribution in [-0.4, -0.2) is 41.5 Å². The molecule has 4 heteroatoms. The van der Waals surface area contributed by atoms with Crippen molar-refractivity contribution in [3.05, 3.63) is 36.0 Å². The van der Waals surface area contributed by atoms with E-state index in [1.165, 1.54) is 12.8 Å². The largest absolute Gasteiger partial charge is 0.361 e. The van der Waals surface area contributed by atoms with Gasteiger partial charge in [0, 0.05) is 41.8 Å². The monoisotopic (exact) mass is 285 g/mol. The van der Waals surface area contributed by atoms with E-state index in [0.717, 1.165) is 42.5 Å². The number of H-pyrrole nitrogens is 1. The van der Waals surface area contributed by atoms with Gasteiger partial charge in [0.05, 0.1) is 0 Å². The molecule has 21 heavy (non-hydrogen) atoms. The molecule has 0 radical (unpaired) electrons. The fourth-order valence-corrected chi connectivity index (χ4v) is 3.17. The van der Waals surface area contributed by atoms with Crippen molar-refractivity contribution in [3.63, 3.8) is 0 Å². The van der Waals surface area contributed by atoms with Crippen molar-refractivity contribution in [1.29, 1.82) is 0 Å². The number of aromatic amines is 1. The number of carbonyl (C=O) groups is 1. The topological polar surface area (TPSA) is 48.1 Å². The molecule has 1 unspecified atom stereocenters. The number of nitrogens with zero attached hydrogens (tertiary/aromatic N) is 1. The molecule has 0 saturated carbocycles. The Morgan fingerprint density at radius 1 is 1.38 bits per heavy atom. The molecule has 0 bridgehead atoms. The van der Waals surface area contributed by atoms with Gasteiger partial charge < -0.3 is 15.2 Å². The molecular formula is C17H23N3O. The number of amides is 1. The third-order valence-corrected chi connectivity index (χ3v) is 4.21. The summed E-state index contributed by atoms with van der Waals surface area (Å²) in [6.07, 6.45) is 5.26. The summed E-state index contributed by atoms with van der Waals surface area (Å²) in [6, 6.07) is 8.33. The van der Waals surface area contributed by atoms with Crippen LogP contribution >= 0.6 is 0 Å². The molecule has 1 aliphatic rings. The molecule has 2 aromatic rings. The number of fused-ring (bicyclic) bond motifs is 1. The number of hydrogen-bond donors (Lipinski definition) is 2. The molecule has 1 aliphatic heterocycles. The highest BCUT2D eigenvalue weighted by Gasteiger charge is 2.23. The van der Waals surface area contributed by atoms with Gasteiger partial charge in [0.15, 0.2) is 0 Å². The second-order valence-corrected chi connectivity index (χ2v) is 5.79. The molecule has 1 aromatic heterocycles.